The second-order valence-corrected chi connectivity index (χ2v) is 7.78. The van der Waals surface area contributed by atoms with Crippen molar-refractivity contribution in [1.82, 2.24) is 9.97 Å². The van der Waals surface area contributed by atoms with E-state index in [1.54, 1.807) is 0 Å². The van der Waals surface area contributed by atoms with E-state index in [0.717, 1.165) is 22.4 Å². The number of aryl methyl sites for hydroxylation is 2. The first-order valence-corrected chi connectivity index (χ1v) is 8.23. The Bertz CT molecular complexity index is 706. The molecule has 0 amide bonds. The highest BCUT2D eigenvalue weighted by atomic mass is 79.9. The van der Waals surface area contributed by atoms with Gasteiger partial charge in [-0.3, -0.25) is 0 Å². The normalized spacial score (nSPS) is 11.7. The van der Waals surface area contributed by atoms with Gasteiger partial charge in [0.05, 0.1) is 4.47 Å². The fourth-order valence-electron chi connectivity index (χ4n) is 2.47. The van der Waals surface area contributed by atoms with Gasteiger partial charge in [0.25, 0.3) is 0 Å². The van der Waals surface area contributed by atoms with E-state index in [2.05, 4.69) is 78.7 Å². The van der Waals surface area contributed by atoms with E-state index in [0.29, 0.717) is 4.64 Å². The highest BCUT2D eigenvalue weighted by molar-refractivity contribution is 9.10. The lowest BCUT2D eigenvalue weighted by molar-refractivity contribution is 0.558. The first-order valence-electron chi connectivity index (χ1n) is 7.03. The van der Waals surface area contributed by atoms with Gasteiger partial charge in [0.1, 0.15) is 10.5 Å². The first-order chi connectivity index (χ1) is 9.66. The molecule has 0 aliphatic heterocycles. The summed E-state index contributed by atoms with van der Waals surface area (Å²) in [7, 11) is 0. The van der Waals surface area contributed by atoms with Crippen LogP contribution in [0.5, 0.6) is 0 Å². The van der Waals surface area contributed by atoms with E-state index < -0.39 is 0 Å². The van der Waals surface area contributed by atoms with Gasteiger partial charge < -0.3 is 4.98 Å². The summed E-state index contributed by atoms with van der Waals surface area (Å²) < 4.78 is 1.52. The van der Waals surface area contributed by atoms with Gasteiger partial charge in [0.2, 0.25) is 0 Å². The Kier molecular flexibility index (Phi) is 4.69. The molecule has 0 radical (unpaired) electrons. The average molecular weight is 365 g/mol. The standard InChI is InChI=1S/C17H21BrN2S/c1-10-6-11(2)8-12(7-10)9-13-19-15(17(3,4)5)14(18)16(21)20-13/h6-8H,9H2,1-5H3,(H,19,20,21). The summed E-state index contributed by atoms with van der Waals surface area (Å²) in [4.78, 5) is 7.97. The molecule has 4 heteroatoms. The van der Waals surface area contributed by atoms with Gasteiger partial charge in [-0.1, -0.05) is 62.3 Å². The summed E-state index contributed by atoms with van der Waals surface area (Å²) in [5, 5.41) is 0. The molecule has 1 heterocycles. The number of aromatic amines is 1. The van der Waals surface area contributed by atoms with E-state index in [1.807, 2.05) is 0 Å². The molecule has 2 aromatic rings. The second-order valence-electron chi connectivity index (χ2n) is 6.60. The minimum atomic E-state index is -0.00734. The maximum absolute atomic E-state index is 5.39. The first kappa shape index (κ1) is 16.4. The number of hydrogen-bond donors (Lipinski definition) is 1. The van der Waals surface area contributed by atoms with Gasteiger partial charge in [0, 0.05) is 17.5 Å². The fraction of sp³-hybridized carbons (Fsp3) is 0.412. The molecular weight excluding hydrogens is 344 g/mol. The molecule has 2 rings (SSSR count). The molecule has 1 aromatic carbocycles. The van der Waals surface area contributed by atoms with Crippen LogP contribution in [0.2, 0.25) is 0 Å². The number of nitrogens with one attached hydrogen (secondary N) is 1. The lowest BCUT2D eigenvalue weighted by atomic mass is 9.92. The van der Waals surface area contributed by atoms with E-state index in [-0.39, 0.29) is 5.41 Å². The average Bonchev–Trinajstić information content (AvgIpc) is 2.30. The Morgan fingerprint density at radius 3 is 2.24 bits per heavy atom. The van der Waals surface area contributed by atoms with Crippen LogP contribution in [0.25, 0.3) is 0 Å². The number of hydrogen-bond acceptors (Lipinski definition) is 2. The molecule has 0 fully saturated rings. The summed E-state index contributed by atoms with van der Waals surface area (Å²) in [5.74, 6) is 0.915. The summed E-state index contributed by atoms with van der Waals surface area (Å²) in [5.41, 5.74) is 4.90. The van der Waals surface area contributed by atoms with E-state index >= 15 is 0 Å². The fourth-order valence-corrected chi connectivity index (χ4v) is 3.47. The van der Waals surface area contributed by atoms with Gasteiger partial charge in [-0.05, 0) is 35.3 Å². The Morgan fingerprint density at radius 1 is 1.14 bits per heavy atom. The van der Waals surface area contributed by atoms with E-state index in [9.17, 15) is 0 Å². The summed E-state index contributed by atoms with van der Waals surface area (Å²) >= 11 is 8.95. The number of nitrogens with zero attached hydrogens (tertiary/aromatic N) is 1. The van der Waals surface area contributed by atoms with Crippen LogP contribution in [0.4, 0.5) is 0 Å². The molecule has 1 N–H and O–H groups in total. The van der Waals surface area contributed by atoms with Crippen LogP contribution < -0.4 is 0 Å². The predicted molar refractivity (Wildman–Crippen MR) is 94.5 cm³/mol. The van der Waals surface area contributed by atoms with Crippen molar-refractivity contribution in [2.45, 2.75) is 46.5 Å². The molecule has 2 nitrogen and oxygen atoms in total. The molecule has 0 unspecified atom stereocenters. The monoisotopic (exact) mass is 364 g/mol. The molecule has 0 spiro atoms. The molecule has 0 aliphatic rings. The van der Waals surface area contributed by atoms with Crippen LogP contribution in [0, 0.1) is 18.5 Å². The lowest BCUT2D eigenvalue weighted by Crippen LogP contribution is -2.17. The van der Waals surface area contributed by atoms with Crippen LogP contribution in [-0.2, 0) is 11.8 Å². The zero-order valence-corrected chi connectivity index (χ0v) is 15.6. The van der Waals surface area contributed by atoms with Crippen LogP contribution in [0.3, 0.4) is 0 Å². The van der Waals surface area contributed by atoms with E-state index in [1.165, 1.54) is 16.7 Å². The maximum Gasteiger partial charge on any atom is 0.144 e. The van der Waals surface area contributed by atoms with Gasteiger partial charge >= 0.3 is 0 Å². The molecule has 21 heavy (non-hydrogen) atoms. The number of benzene rings is 1. The minimum Gasteiger partial charge on any atom is -0.345 e. The van der Waals surface area contributed by atoms with Crippen molar-refractivity contribution in [3.05, 3.63) is 55.5 Å². The largest absolute Gasteiger partial charge is 0.345 e. The molecule has 1 aromatic heterocycles. The van der Waals surface area contributed by atoms with Crippen molar-refractivity contribution in [1.29, 1.82) is 0 Å². The maximum atomic E-state index is 5.39. The summed E-state index contributed by atoms with van der Waals surface area (Å²) in [6.45, 7) is 10.7. The number of rotatable bonds is 2. The molecule has 0 bridgehead atoms. The van der Waals surface area contributed by atoms with Crippen molar-refractivity contribution in [3.8, 4) is 0 Å². The minimum absolute atomic E-state index is 0.00734. The van der Waals surface area contributed by atoms with Gasteiger partial charge in [-0.25, -0.2) is 4.98 Å². The van der Waals surface area contributed by atoms with Crippen LogP contribution in [0.15, 0.2) is 22.7 Å². The zero-order chi connectivity index (χ0) is 15.8. The van der Waals surface area contributed by atoms with Gasteiger partial charge in [-0.2, -0.15) is 0 Å². The molecule has 0 saturated heterocycles. The molecular formula is C17H21BrN2S. The number of H-pyrrole nitrogens is 1. The molecule has 0 aliphatic carbocycles. The van der Waals surface area contributed by atoms with E-state index in [4.69, 9.17) is 12.2 Å². The number of halogens is 1. The quantitative estimate of drug-likeness (QED) is 0.721. The highest BCUT2D eigenvalue weighted by Crippen LogP contribution is 2.28. The lowest BCUT2D eigenvalue weighted by Gasteiger charge is -2.21. The Hall–Kier alpha value is -1.00. The van der Waals surface area contributed by atoms with Crippen molar-refractivity contribution in [2.24, 2.45) is 0 Å². The van der Waals surface area contributed by atoms with Crippen LogP contribution in [0.1, 0.15) is 49.0 Å². The Morgan fingerprint density at radius 2 is 1.71 bits per heavy atom. The highest BCUT2D eigenvalue weighted by Gasteiger charge is 2.20. The number of aromatic nitrogens is 2. The topological polar surface area (TPSA) is 28.7 Å². The molecule has 112 valence electrons. The van der Waals surface area contributed by atoms with Crippen molar-refractivity contribution in [3.63, 3.8) is 0 Å². The van der Waals surface area contributed by atoms with Gasteiger partial charge in [0.15, 0.2) is 0 Å². The van der Waals surface area contributed by atoms with Crippen molar-refractivity contribution >= 4 is 28.1 Å². The van der Waals surface area contributed by atoms with Crippen molar-refractivity contribution < 1.29 is 0 Å². The summed E-state index contributed by atoms with van der Waals surface area (Å²) in [6, 6.07) is 6.58. The van der Waals surface area contributed by atoms with Crippen LogP contribution >= 0.6 is 28.1 Å². The summed E-state index contributed by atoms with van der Waals surface area (Å²) in [6.07, 6.45) is 0.766. The molecule has 0 saturated carbocycles. The third-order valence-electron chi connectivity index (χ3n) is 3.32. The smallest absolute Gasteiger partial charge is 0.144 e. The predicted octanol–water partition coefficient (Wildman–Crippen LogP) is 5.41. The molecule has 0 atom stereocenters. The third-order valence-corrected chi connectivity index (χ3v) is 4.65. The SMILES string of the molecule is Cc1cc(C)cc(Cc2nc(=S)c(Br)c(C(C)(C)C)[nH]2)c1. The zero-order valence-electron chi connectivity index (χ0n) is 13.2. The Balaban J connectivity index is 2.46. The second kappa shape index (κ2) is 6.01. The van der Waals surface area contributed by atoms with Gasteiger partial charge in [-0.15, -0.1) is 0 Å². The van der Waals surface area contributed by atoms with Crippen molar-refractivity contribution in [2.75, 3.05) is 0 Å². The van der Waals surface area contributed by atoms with Crippen LogP contribution in [-0.4, -0.2) is 9.97 Å². The Labute approximate surface area is 140 Å². The third kappa shape index (κ3) is 4.01.